The first-order valence-electron chi connectivity index (χ1n) is 10.4. The van der Waals surface area contributed by atoms with Crippen molar-refractivity contribution in [2.45, 2.75) is 39.3 Å². The van der Waals surface area contributed by atoms with Gasteiger partial charge in [-0.2, -0.15) is 0 Å². The van der Waals surface area contributed by atoms with E-state index in [2.05, 4.69) is 64.1 Å². The summed E-state index contributed by atoms with van der Waals surface area (Å²) >= 11 is 0. The Kier molecular flexibility index (Phi) is 7.91. The van der Waals surface area contributed by atoms with Gasteiger partial charge >= 0.3 is 0 Å². The van der Waals surface area contributed by atoms with E-state index in [0.717, 1.165) is 57.0 Å². The molecule has 0 aliphatic heterocycles. The summed E-state index contributed by atoms with van der Waals surface area (Å²) in [4.78, 5) is 11.4. The Morgan fingerprint density at radius 3 is 2.89 bits per heavy atom. The molecule has 1 aromatic heterocycles. The molecular formula is C22H33N5O. The molecule has 1 heterocycles. The normalized spacial score (nSPS) is 14.3. The van der Waals surface area contributed by atoms with Crippen LogP contribution in [0.1, 0.15) is 31.2 Å². The average molecular weight is 384 g/mol. The quantitative estimate of drug-likeness (QED) is 0.368. The van der Waals surface area contributed by atoms with Gasteiger partial charge in [0.2, 0.25) is 0 Å². The van der Waals surface area contributed by atoms with Gasteiger partial charge in [0.15, 0.2) is 5.96 Å². The Hall–Kier alpha value is -2.34. The summed E-state index contributed by atoms with van der Waals surface area (Å²) in [6.07, 6.45) is 7.55. The van der Waals surface area contributed by atoms with Crippen LogP contribution in [-0.4, -0.2) is 53.8 Å². The number of aliphatic imine (C=N–C) groups is 1. The molecule has 1 aliphatic carbocycles. The summed E-state index contributed by atoms with van der Waals surface area (Å²) in [7, 11) is 2.06. The molecule has 0 radical (unpaired) electrons. The molecule has 0 unspecified atom stereocenters. The Labute approximate surface area is 168 Å². The lowest BCUT2D eigenvalue weighted by Crippen LogP contribution is -2.40. The molecule has 1 aromatic carbocycles. The van der Waals surface area contributed by atoms with E-state index in [1.807, 2.05) is 12.4 Å². The van der Waals surface area contributed by atoms with Crippen molar-refractivity contribution < 1.29 is 4.74 Å². The van der Waals surface area contributed by atoms with Crippen molar-refractivity contribution in [2.75, 3.05) is 33.4 Å². The van der Waals surface area contributed by atoms with Crippen LogP contribution < -0.4 is 5.32 Å². The summed E-state index contributed by atoms with van der Waals surface area (Å²) in [6, 6.07) is 10.6. The highest BCUT2D eigenvalue weighted by molar-refractivity contribution is 5.79. The van der Waals surface area contributed by atoms with Crippen LogP contribution in [0.4, 0.5) is 0 Å². The highest BCUT2D eigenvalue weighted by Crippen LogP contribution is 2.28. The summed E-state index contributed by atoms with van der Waals surface area (Å²) in [5, 5.41) is 3.37. The van der Waals surface area contributed by atoms with Gasteiger partial charge in [0, 0.05) is 45.7 Å². The monoisotopic (exact) mass is 383 g/mol. The highest BCUT2D eigenvalue weighted by Gasteiger charge is 2.21. The molecule has 1 fully saturated rings. The van der Waals surface area contributed by atoms with E-state index in [9.17, 15) is 0 Å². The van der Waals surface area contributed by atoms with E-state index in [-0.39, 0.29) is 0 Å². The fourth-order valence-electron chi connectivity index (χ4n) is 3.05. The molecule has 28 heavy (non-hydrogen) atoms. The fourth-order valence-corrected chi connectivity index (χ4v) is 3.05. The number of nitrogens with zero attached hydrogens (tertiary/aromatic N) is 4. The number of nitrogens with one attached hydrogen (secondary N) is 1. The van der Waals surface area contributed by atoms with Crippen LogP contribution in [0.2, 0.25) is 0 Å². The van der Waals surface area contributed by atoms with E-state index in [4.69, 9.17) is 9.73 Å². The zero-order valence-electron chi connectivity index (χ0n) is 17.2. The second-order valence-electron chi connectivity index (χ2n) is 7.38. The Morgan fingerprint density at radius 2 is 2.14 bits per heavy atom. The van der Waals surface area contributed by atoms with E-state index >= 15 is 0 Å². The number of aryl methyl sites for hydroxylation is 2. The fraction of sp³-hybridized carbons (Fsp3) is 0.545. The van der Waals surface area contributed by atoms with Crippen LogP contribution in [0.25, 0.3) is 0 Å². The first kappa shape index (κ1) is 20.4. The third-order valence-corrected chi connectivity index (χ3v) is 4.97. The summed E-state index contributed by atoms with van der Waals surface area (Å²) in [5.41, 5.74) is 1.34. The smallest absolute Gasteiger partial charge is 0.194 e. The molecule has 152 valence electrons. The maximum atomic E-state index is 5.76. The van der Waals surface area contributed by atoms with E-state index in [0.29, 0.717) is 6.54 Å². The van der Waals surface area contributed by atoms with E-state index in [1.54, 1.807) is 0 Å². The third kappa shape index (κ3) is 6.68. The predicted octanol–water partition coefficient (Wildman–Crippen LogP) is 2.95. The second kappa shape index (κ2) is 10.9. The standard InChI is InChI=1S/C22H33N5O/c1-3-23-22(26(2)15-16-28-18-20-9-10-20)25-17-21-24-12-14-27(21)13-11-19-7-5-4-6-8-19/h4-8,12,14,20H,3,9-11,13,15-18H2,1-2H3,(H,23,25). The Balaban J connectivity index is 1.51. The lowest BCUT2D eigenvalue weighted by molar-refractivity contribution is 0.115. The minimum absolute atomic E-state index is 0.567. The zero-order valence-corrected chi connectivity index (χ0v) is 17.2. The Bertz CT molecular complexity index is 724. The number of hydrogen-bond donors (Lipinski definition) is 1. The van der Waals surface area contributed by atoms with Crippen molar-refractivity contribution in [3.05, 3.63) is 54.1 Å². The zero-order chi connectivity index (χ0) is 19.6. The van der Waals surface area contributed by atoms with Crippen molar-refractivity contribution in [2.24, 2.45) is 10.9 Å². The highest BCUT2D eigenvalue weighted by atomic mass is 16.5. The molecular weight excluding hydrogens is 350 g/mol. The first-order valence-corrected chi connectivity index (χ1v) is 10.4. The molecule has 1 N–H and O–H groups in total. The van der Waals surface area contributed by atoms with Gasteiger partial charge in [-0.05, 0) is 37.7 Å². The minimum Gasteiger partial charge on any atom is -0.379 e. The number of benzene rings is 1. The van der Waals surface area contributed by atoms with Crippen LogP contribution in [0.5, 0.6) is 0 Å². The molecule has 2 aromatic rings. The maximum absolute atomic E-state index is 5.76. The summed E-state index contributed by atoms with van der Waals surface area (Å²) in [6.45, 7) is 6.89. The van der Waals surface area contributed by atoms with Crippen molar-refractivity contribution in [3.8, 4) is 0 Å². The molecule has 6 nitrogen and oxygen atoms in total. The van der Waals surface area contributed by atoms with Gasteiger partial charge in [-0.15, -0.1) is 0 Å². The van der Waals surface area contributed by atoms with Crippen LogP contribution in [-0.2, 0) is 24.2 Å². The number of guanidine groups is 1. The topological polar surface area (TPSA) is 54.7 Å². The van der Waals surface area contributed by atoms with Gasteiger partial charge in [-0.25, -0.2) is 9.98 Å². The van der Waals surface area contributed by atoms with Crippen LogP contribution >= 0.6 is 0 Å². The molecule has 3 rings (SSSR count). The van der Waals surface area contributed by atoms with Gasteiger partial charge in [-0.3, -0.25) is 0 Å². The molecule has 6 heteroatoms. The molecule has 1 saturated carbocycles. The number of likely N-dealkylation sites (N-methyl/N-ethyl adjacent to an activating group) is 1. The van der Waals surface area contributed by atoms with Gasteiger partial charge in [0.05, 0.1) is 6.61 Å². The minimum atomic E-state index is 0.567. The van der Waals surface area contributed by atoms with Gasteiger partial charge in [-0.1, -0.05) is 30.3 Å². The lowest BCUT2D eigenvalue weighted by Gasteiger charge is -2.22. The number of imidazole rings is 1. The van der Waals surface area contributed by atoms with Crippen LogP contribution in [0.3, 0.4) is 0 Å². The number of ether oxygens (including phenoxy) is 1. The number of aromatic nitrogens is 2. The van der Waals surface area contributed by atoms with Crippen molar-refractivity contribution in [1.29, 1.82) is 0 Å². The second-order valence-corrected chi connectivity index (χ2v) is 7.38. The van der Waals surface area contributed by atoms with Crippen LogP contribution in [0.15, 0.2) is 47.7 Å². The van der Waals surface area contributed by atoms with E-state index < -0.39 is 0 Å². The molecule has 1 aliphatic rings. The van der Waals surface area contributed by atoms with Gasteiger partial charge in [0.1, 0.15) is 12.4 Å². The largest absolute Gasteiger partial charge is 0.379 e. The summed E-state index contributed by atoms with van der Waals surface area (Å²) < 4.78 is 7.95. The number of rotatable bonds is 11. The molecule has 0 saturated heterocycles. The van der Waals surface area contributed by atoms with Crippen molar-refractivity contribution in [3.63, 3.8) is 0 Å². The first-order chi connectivity index (χ1) is 13.8. The lowest BCUT2D eigenvalue weighted by atomic mass is 10.1. The van der Waals surface area contributed by atoms with Crippen LogP contribution in [0, 0.1) is 5.92 Å². The predicted molar refractivity (Wildman–Crippen MR) is 113 cm³/mol. The molecule has 0 spiro atoms. The number of hydrogen-bond acceptors (Lipinski definition) is 3. The average Bonchev–Trinajstić information content (AvgIpc) is 3.44. The van der Waals surface area contributed by atoms with Gasteiger partial charge in [0.25, 0.3) is 0 Å². The van der Waals surface area contributed by atoms with Gasteiger partial charge < -0.3 is 19.5 Å². The maximum Gasteiger partial charge on any atom is 0.194 e. The molecule has 0 amide bonds. The third-order valence-electron chi connectivity index (χ3n) is 4.97. The van der Waals surface area contributed by atoms with Crippen molar-refractivity contribution >= 4 is 5.96 Å². The SMILES string of the molecule is CCNC(=NCc1nccn1CCc1ccccc1)N(C)CCOCC1CC1. The van der Waals surface area contributed by atoms with Crippen molar-refractivity contribution in [1.82, 2.24) is 19.8 Å². The molecule has 0 atom stereocenters. The molecule has 0 bridgehead atoms. The summed E-state index contributed by atoms with van der Waals surface area (Å²) in [5.74, 6) is 2.70. The van der Waals surface area contributed by atoms with E-state index in [1.165, 1.54) is 18.4 Å². The Morgan fingerprint density at radius 1 is 1.32 bits per heavy atom.